The van der Waals surface area contributed by atoms with Crippen molar-refractivity contribution in [1.82, 2.24) is 9.38 Å². The Morgan fingerprint density at radius 1 is 1.00 bits per heavy atom. The van der Waals surface area contributed by atoms with Gasteiger partial charge < -0.3 is 0 Å². The molecule has 0 fully saturated rings. The Kier molecular flexibility index (Phi) is 3.13. The normalized spacial score (nSPS) is 11.6. The Hall–Kier alpha value is -1.65. The highest BCUT2D eigenvalue weighted by atomic mass is 79.9. The second-order valence-corrected chi connectivity index (χ2v) is 7.55. The molecule has 0 unspecified atom stereocenters. The van der Waals surface area contributed by atoms with Gasteiger partial charge in [-0.1, -0.05) is 45.5 Å². The minimum atomic E-state index is 1.07. The lowest BCUT2D eigenvalue weighted by Crippen LogP contribution is -1.90. The number of aromatic nitrogens is 2. The van der Waals surface area contributed by atoms with Crippen molar-refractivity contribution in [3.63, 3.8) is 0 Å². The maximum Gasteiger partial charge on any atom is 0.195 e. The number of halogens is 1. The van der Waals surface area contributed by atoms with Gasteiger partial charge in [0.1, 0.15) is 0 Å². The minimum Gasteiger partial charge on any atom is -0.287 e. The van der Waals surface area contributed by atoms with E-state index in [1.165, 1.54) is 27.0 Å². The molecule has 110 valence electrons. The Labute approximate surface area is 141 Å². The quantitative estimate of drug-likeness (QED) is 0.407. The first-order valence-electron chi connectivity index (χ1n) is 7.20. The van der Waals surface area contributed by atoms with Crippen LogP contribution in [0.5, 0.6) is 0 Å². The molecule has 2 aromatic carbocycles. The van der Waals surface area contributed by atoms with Gasteiger partial charge in [0.15, 0.2) is 4.96 Å². The lowest BCUT2D eigenvalue weighted by atomic mass is 10.1. The van der Waals surface area contributed by atoms with Gasteiger partial charge in [-0.25, -0.2) is 4.98 Å². The predicted molar refractivity (Wildman–Crippen MR) is 97.9 cm³/mol. The summed E-state index contributed by atoms with van der Waals surface area (Å²) in [5, 5.41) is 0. The molecular weight excluding hydrogens is 356 g/mol. The number of hydrogen-bond acceptors (Lipinski definition) is 2. The molecule has 0 aliphatic heterocycles. The molecule has 2 nitrogen and oxygen atoms in total. The highest BCUT2D eigenvalue weighted by Gasteiger charge is 2.16. The molecule has 0 saturated heterocycles. The molecule has 2 heterocycles. The van der Waals surface area contributed by atoms with Crippen molar-refractivity contribution >= 4 is 42.4 Å². The summed E-state index contributed by atoms with van der Waals surface area (Å²) in [4.78, 5) is 5.95. The fourth-order valence-corrected chi connectivity index (χ4v) is 4.32. The number of nitrogens with zero attached hydrogens (tertiary/aromatic N) is 2. The molecule has 2 aromatic heterocycles. The van der Waals surface area contributed by atoms with Gasteiger partial charge in [0, 0.05) is 15.7 Å². The van der Waals surface area contributed by atoms with Crippen LogP contribution in [0.15, 0.2) is 40.9 Å². The lowest BCUT2D eigenvalue weighted by molar-refractivity contribution is 1.17. The molecule has 0 N–H and O–H groups in total. The summed E-state index contributed by atoms with van der Waals surface area (Å²) in [7, 11) is 0. The molecular formula is C18H15BrN2S. The Bertz CT molecular complexity index is 1010. The summed E-state index contributed by atoms with van der Waals surface area (Å²) >= 11 is 5.25. The van der Waals surface area contributed by atoms with E-state index in [0.717, 1.165) is 20.7 Å². The van der Waals surface area contributed by atoms with E-state index in [1.54, 1.807) is 11.3 Å². The van der Waals surface area contributed by atoms with Crippen molar-refractivity contribution in [2.45, 2.75) is 20.8 Å². The van der Waals surface area contributed by atoms with Crippen LogP contribution < -0.4 is 0 Å². The van der Waals surface area contributed by atoms with E-state index in [-0.39, 0.29) is 0 Å². The standard InChI is InChI=1S/C18H15BrN2S/c1-10-4-9-15-17(11(10)2)21-12(3)16(20-18(21)22-15)13-5-7-14(19)8-6-13/h4-9H,1-3H3. The zero-order valence-electron chi connectivity index (χ0n) is 12.6. The van der Waals surface area contributed by atoms with Gasteiger partial charge in [-0.15, -0.1) is 0 Å². The van der Waals surface area contributed by atoms with Crippen LogP contribution in [0.4, 0.5) is 0 Å². The van der Waals surface area contributed by atoms with Crippen molar-refractivity contribution in [3.05, 3.63) is 57.7 Å². The number of benzene rings is 2. The average Bonchev–Trinajstić information content (AvgIpc) is 3.02. The van der Waals surface area contributed by atoms with E-state index in [2.05, 4.69) is 77.5 Å². The molecule has 0 aliphatic rings. The average molecular weight is 371 g/mol. The van der Waals surface area contributed by atoms with E-state index >= 15 is 0 Å². The molecule has 22 heavy (non-hydrogen) atoms. The van der Waals surface area contributed by atoms with Crippen molar-refractivity contribution in [1.29, 1.82) is 0 Å². The van der Waals surface area contributed by atoms with Gasteiger partial charge in [-0.3, -0.25) is 4.40 Å². The molecule has 0 radical (unpaired) electrons. The molecule has 0 spiro atoms. The Morgan fingerprint density at radius 3 is 2.45 bits per heavy atom. The SMILES string of the molecule is Cc1ccc2sc3nc(-c4ccc(Br)cc4)c(C)n3c2c1C. The monoisotopic (exact) mass is 370 g/mol. The third-order valence-electron chi connectivity index (χ3n) is 4.28. The van der Waals surface area contributed by atoms with E-state index in [1.807, 2.05) is 0 Å². The van der Waals surface area contributed by atoms with Gasteiger partial charge in [-0.05, 0) is 50.1 Å². The number of rotatable bonds is 1. The first kappa shape index (κ1) is 14.0. The van der Waals surface area contributed by atoms with E-state index in [4.69, 9.17) is 4.98 Å². The van der Waals surface area contributed by atoms with Crippen LogP contribution in [-0.4, -0.2) is 9.38 Å². The summed E-state index contributed by atoms with van der Waals surface area (Å²) < 4.78 is 4.70. The summed E-state index contributed by atoms with van der Waals surface area (Å²) in [6, 6.07) is 12.8. The molecule has 0 aliphatic carbocycles. The summed E-state index contributed by atoms with van der Waals surface area (Å²) in [5.74, 6) is 0. The highest BCUT2D eigenvalue weighted by molar-refractivity contribution is 9.10. The van der Waals surface area contributed by atoms with Crippen LogP contribution in [0, 0.1) is 20.8 Å². The highest BCUT2D eigenvalue weighted by Crippen LogP contribution is 2.35. The molecule has 0 atom stereocenters. The van der Waals surface area contributed by atoms with Gasteiger partial charge in [0.2, 0.25) is 0 Å². The fraction of sp³-hybridized carbons (Fsp3) is 0.167. The van der Waals surface area contributed by atoms with Gasteiger partial charge in [0.05, 0.1) is 15.9 Å². The lowest BCUT2D eigenvalue weighted by Gasteiger charge is -2.04. The van der Waals surface area contributed by atoms with Crippen LogP contribution >= 0.6 is 27.3 Å². The van der Waals surface area contributed by atoms with Gasteiger partial charge >= 0.3 is 0 Å². The van der Waals surface area contributed by atoms with Crippen LogP contribution in [0.3, 0.4) is 0 Å². The zero-order valence-corrected chi connectivity index (χ0v) is 15.0. The third-order valence-corrected chi connectivity index (χ3v) is 5.82. The second-order valence-electron chi connectivity index (χ2n) is 5.63. The first-order valence-corrected chi connectivity index (χ1v) is 8.81. The van der Waals surface area contributed by atoms with Crippen molar-refractivity contribution in [3.8, 4) is 11.3 Å². The van der Waals surface area contributed by atoms with Crippen molar-refractivity contribution in [2.75, 3.05) is 0 Å². The van der Waals surface area contributed by atoms with Crippen LogP contribution in [0.2, 0.25) is 0 Å². The van der Waals surface area contributed by atoms with E-state index in [9.17, 15) is 0 Å². The topological polar surface area (TPSA) is 17.3 Å². The molecule has 4 rings (SSSR count). The van der Waals surface area contributed by atoms with Crippen LogP contribution in [0.25, 0.3) is 26.4 Å². The first-order chi connectivity index (χ1) is 10.6. The summed E-state index contributed by atoms with van der Waals surface area (Å²) in [6.45, 7) is 6.52. The molecule has 4 heteroatoms. The summed E-state index contributed by atoms with van der Waals surface area (Å²) in [6.07, 6.45) is 0. The number of hydrogen-bond donors (Lipinski definition) is 0. The largest absolute Gasteiger partial charge is 0.287 e. The van der Waals surface area contributed by atoms with E-state index in [0.29, 0.717) is 0 Å². The number of aryl methyl sites for hydroxylation is 3. The smallest absolute Gasteiger partial charge is 0.195 e. The molecule has 0 saturated carbocycles. The predicted octanol–water partition coefficient (Wildman–Crippen LogP) is 5.90. The fourth-order valence-electron chi connectivity index (χ4n) is 2.92. The molecule has 4 aromatic rings. The van der Waals surface area contributed by atoms with E-state index < -0.39 is 0 Å². The number of imidazole rings is 1. The van der Waals surface area contributed by atoms with Crippen LogP contribution in [-0.2, 0) is 0 Å². The van der Waals surface area contributed by atoms with Crippen molar-refractivity contribution < 1.29 is 0 Å². The Balaban J connectivity index is 2.06. The second kappa shape index (κ2) is 4.93. The summed E-state index contributed by atoms with van der Waals surface area (Å²) in [5.41, 5.74) is 7.40. The number of fused-ring (bicyclic) bond motifs is 3. The van der Waals surface area contributed by atoms with Gasteiger partial charge in [-0.2, -0.15) is 0 Å². The number of thiazole rings is 1. The third kappa shape index (κ3) is 1.94. The van der Waals surface area contributed by atoms with Crippen molar-refractivity contribution in [2.24, 2.45) is 0 Å². The minimum absolute atomic E-state index is 1.07. The Morgan fingerprint density at radius 2 is 1.73 bits per heavy atom. The maximum atomic E-state index is 4.89. The zero-order chi connectivity index (χ0) is 15.4. The van der Waals surface area contributed by atoms with Crippen LogP contribution in [0.1, 0.15) is 16.8 Å². The maximum absolute atomic E-state index is 4.89. The van der Waals surface area contributed by atoms with Gasteiger partial charge in [0.25, 0.3) is 0 Å². The molecule has 0 bridgehead atoms. The molecule has 0 amide bonds.